The van der Waals surface area contributed by atoms with Crippen LogP contribution in [0, 0.1) is 5.92 Å². The molecule has 1 saturated carbocycles. The van der Waals surface area contributed by atoms with E-state index >= 15 is 0 Å². The molecule has 2 saturated heterocycles. The molecule has 3 fully saturated rings. The highest BCUT2D eigenvalue weighted by atomic mass is 16.2. The molecule has 2 aromatic carbocycles. The van der Waals surface area contributed by atoms with E-state index in [4.69, 9.17) is 0 Å². The Morgan fingerprint density at radius 1 is 1.04 bits per heavy atom. The van der Waals surface area contributed by atoms with Crippen LogP contribution in [0.4, 0.5) is 0 Å². The topological polar surface area (TPSA) is 32.3 Å². The van der Waals surface area contributed by atoms with Crippen molar-refractivity contribution in [3.63, 3.8) is 0 Å². The smallest absolute Gasteiger partial charge is 0.223 e. The molecular weight excluding hydrogens is 332 g/mol. The summed E-state index contributed by atoms with van der Waals surface area (Å²) >= 11 is 0. The van der Waals surface area contributed by atoms with E-state index in [2.05, 4.69) is 59.6 Å². The lowest BCUT2D eigenvalue weighted by molar-refractivity contribution is -0.135. The van der Waals surface area contributed by atoms with Gasteiger partial charge in [0, 0.05) is 24.5 Å². The van der Waals surface area contributed by atoms with Crippen LogP contribution < -0.4 is 5.32 Å². The highest BCUT2D eigenvalue weighted by Crippen LogP contribution is 2.38. The number of amides is 1. The number of nitrogens with one attached hydrogen (secondary N) is 1. The summed E-state index contributed by atoms with van der Waals surface area (Å²) in [5.41, 5.74) is 1.26. The van der Waals surface area contributed by atoms with E-state index in [-0.39, 0.29) is 6.04 Å². The van der Waals surface area contributed by atoms with Crippen molar-refractivity contribution >= 4 is 16.7 Å². The molecule has 3 unspecified atom stereocenters. The van der Waals surface area contributed by atoms with E-state index in [1.54, 1.807) is 0 Å². The molecule has 0 spiro atoms. The molecule has 2 bridgehead atoms. The van der Waals surface area contributed by atoms with Crippen LogP contribution in [0.2, 0.25) is 0 Å². The quantitative estimate of drug-likeness (QED) is 0.828. The van der Waals surface area contributed by atoms with E-state index in [0.29, 0.717) is 30.0 Å². The van der Waals surface area contributed by atoms with Crippen molar-refractivity contribution in [2.45, 2.75) is 76.0 Å². The van der Waals surface area contributed by atoms with Crippen molar-refractivity contribution in [1.82, 2.24) is 10.2 Å². The second-order valence-electron chi connectivity index (χ2n) is 8.99. The van der Waals surface area contributed by atoms with E-state index in [0.717, 1.165) is 6.42 Å². The van der Waals surface area contributed by atoms with Gasteiger partial charge >= 0.3 is 0 Å². The summed E-state index contributed by atoms with van der Waals surface area (Å²) in [5, 5.41) is 6.23. The van der Waals surface area contributed by atoms with Gasteiger partial charge in [0.05, 0.1) is 6.04 Å². The van der Waals surface area contributed by atoms with Crippen LogP contribution in [0.3, 0.4) is 0 Å². The van der Waals surface area contributed by atoms with Crippen molar-refractivity contribution < 1.29 is 4.79 Å². The Bertz CT molecular complexity index is 831. The van der Waals surface area contributed by atoms with Gasteiger partial charge in [-0.15, -0.1) is 0 Å². The number of rotatable bonds is 5. The van der Waals surface area contributed by atoms with Crippen LogP contribution >= 0.6 is 0 Å². The Morgan fingerprint density at radius 2 is 1.74 bits per heavy atom. The fourth-order valence-corrected chi connectivity index (χ4v) is 5.41. The second kappa shape index (κ2) is 6.94. The monoisotopic (exact) mass is 362 g/mol. The highest BCUT2D eigenvalue weighted by molar-refractivity contribution is 5.83. The van der Waals surface area contributed by atoms with Crippen molar-refractivity contribution in [3.8, 4) is 0 Å². The molecule has 3 heteroatoms. The first-order valence-electron chi connectivity index (χ1n) is 10.7. The molecule has 2 aliphatic heterocycles. The lowest BCUT2D eigenvalue weighted by Gasteiger charge is -2.34. The SMILES string of the molecule is CC(c1ccc2ccccc2c1)N(C(=O)CC1CC2CCC(C1)N2)C1CC1. The molecule has 0 radical (unpaired) electrons. The molecule has 27 heavy (non-hydrogen) atoms. The highest BCUT2D eigenvalue weighted by Gasteiger charge is 2.39. The maximum absolute atomic E-state index is 13.3. The summed E-state index contributed by atoms with van der Waals surface area (Å²) in [7, 11) is 0. The fraction of sp³-hybridized carbons (Fsp3) is 0.542. The molecule has 2 heterocycles. The van der Waals surface area contributed by atoms with Gasteiger partial charge in [-0.25, -0.2) is 0 Å². The van der Waals surface area contributed by atoms with Gasteiger partial charge in [-0.1, -0.05) is 36.4 Å². The zero-order chi connectivity index (χ0) is 18.4. The molecule has 0 aromatic heterocycles. The summed E-state index contributed by atoms with van der Waals surface area (Å²) in [6, 6.07) is 17.1. The average molecular weight is 363 g/mol. The molecule has 3 nitrogen and oxygen atoms in total. The van der Waals surface area contributed by atoms with Gasteiger partial charge in [0.25, 0.3) is 0 Å². The van der Waals surface area contributed by atoms with E-state index in [1.165, 1.54) is 54.9 Å². The minimum Gasteiger partial charge on any atom is -0.333 e. The minimum absolute atomic E-state index is 0.160. The molecular formula is C24H30N2O. The number of carbonyl (C=O) groups is 1. The van der Waals surface area contributed by atoms with E-state index < -0.39 is 0 Å². The van der Waals surface area contributed by atoms with Crippen LogP contribution in [0.1, 0.15) is 63.5 Å². The van der Waals surface area contributed by atoms with Crippen LogP contribution in [0.5, 0.6) is 0 Å². The predicted molar refractivity (Wildman–Crippen MR) is 110 cm³/mol. The van der Waals surface area contributed by atoms with Crippen molar-refractivity contribution in [1.29, 1.82) is 0 Å². The van der Waals surface area contributed by atoms with Crippen molar-refractivity contribution in [3.05, 3.63) is 48.0 Å². The fourth-order valence-electron chi connectivity index (χ4n) is 5.41. The van der Waals surface area contributed by atoms with E-state index in [1.807, 2.05) is 0 Å². The first kappa shape index (κ1) is 17.2. The Labute approximate surface area is 162 Å². The summed E-state index contributed by atoms with van der Waals surface area (Å²) in [6.07, 6.45) is 8.05. The molecule has 5 rings (SSSR count). The maximum Gasteiger partial charge on any atom is 0.223 e. The molecule has 142 valence electrons. The number of fused-ring (bicyclic) bond motifs is 3. The van der Waals surface area contributed by atoms with E-state index in [9.17, 15) is 4.79 Å². The van der Waals surface area contributed by atoms with Crippen LogP contribution in [-0.4, -0.2) is 28.9 Å². The summed E-state index contributed by atoms with van der Waals surface area (Å²) < 4.78 is 0. The lowest BCUT2D eigenvalue weighted by Crippen LogP contribution is -2.41. The minimum atomic E-state index is 0.160. The summed E-state index contributed by atoms with van der Waals surface area (Å²) in [5.74, 6) is 0.950. The molecule has 3 aliphatic rings. The largest absolute Gasteiger partial charge is 0.333 e. The number of hydrogen-bond acceptors (Lipinski definition) is 2. The van der Waals surface area contributed by atoms with Gasteiger partial charge in [0.15, 0.2) is 0 Å². The molecule has 1 amide bonds. The Kier molecular flexibility index (Phi) is 4.43. The van der Waals surface area contributed by atoms with Gasteiger partial charge < -0.3 is 10.2 Å². The lowest BCUT2D eigenvalue weighted by atomic mass is 9.89. The Morgan fingerprint density at radius 3 is 2.44 bits per heavy atom. The first-order chi connectivity index (χ1) is 13.2. The Balaban J connectivity index is 1.34. The third-order valence-corrected chi connectivity index (χ3v) is 6.94. The zero-order valence-corrected chi connectivity index (χ0v) is 16.2. The predicted octanol–water partition coefficient (Wildman–Crippen LogP) is 4.81. The third kappa shape index (κ3) is 3.50. The van der Waals surface area contributed by atoms with Gasteiger partial charge in [-0.05, 0) is 73.8 Å². The number of carbonyl (C=O) groups excluding carboxylic acids is 1. The second-order valence-corrected chi connectivity index (χ2v) is 8.99. The van der Waals surface area contributed by atoms with Crippen LogP contribution in [0.15, 0.2) is 42.5 Å². The standard InChI is InChI=1S/C24H30N2O/c1-16(19-7-6-18-4-2-3-5-20(18)15-19)26(23-10-11-23)24(27)14-17-12-21-8-9-22(13-17)25-21/h2-7,15-17,21-23,25H,8-14H2,1H3. The van der Waals surface area contributed by atoms with Gasteiger partial charge in [0.1, 0.15) is 0 Å². The van der Waals surface area contributed by atoms with Gasteiger partial charge in [0.2, 0.25) is 5.91 Å². The zero-order valence-electron chi connectivity index (χ0n) is 16.2. The maximum atomic E-state index is 13.3. The number of hydrogen-bond donors (Lipinski definition) is 1. The van der Waals surface area contributed by atoms with Crippen molar-refractivity contribution in [2.75, 3.05) is 0 Å². The van der Waals surface area contributed by atoms with Crippen molar-refractivity contribution in [2.24, 2.45) is 5.92 Å². The number of piperidine rings is 1. The molecule has 2 aromatic rings. The molecule has 1 N–H and O–H groups in total. The first-order valence-corrected chi connectivity index (χ1v) is 10.7. The van der Waals surface area contributed by atoms with Crippen LogP contribution in [-0.2, 0) is 4.79 Å². The average Bonchev–Trinajstić information content (AvgIpc) is 3.45. The van der Waals surface area contributed by atoms with Gasteiger partial charge in [-0.3, -0.25) is 4.79 Å². The summed E-state index contributed by atoms with van der Waals surface area (Å²) in [6.45, 7) is 2.21. The summed E-state index contributed by atoms with van der Waals surface area (Å²) in [4.78, 5) is 15.5. The normalized spacial score (nSPS) is 28.3. The van der Waals surface area contributed by atoms with Crippen LogP contribution in [0.25, 0.3) is 10.8 Å². The Hall–Kier alpha value is -1.87. The third-order valence-electron chi connectivity index (χ3n) is 6.94. The number of nitrogens with zero attached hydrogens (tertiary/aromatic N) is 1. The van der Waals surface area contributed by atoms with Gasteiger partial charge in [-0.2, -0.15) is 0 Å². The molecule has 3 atom stereocenters. The number of benzene rings is 2. The molecule has 1 aliphatic carbocycles.